The van der Waals surface area contributed by atoms with E-state index in [1.165, 1.54) is 6.07 Å². The van der Waals surface area contributed by atoms with Crippen molar-refractivity contribution in [2.75, 3.05) is 18.4 Å². The van der Waals surface area contributed by atoms with Crippen LogP contribution in [0.4, 0.5) is 14.5 Å². The van der Waals surface area contributed by atoms with Gasteiger partial charge < -0.3 is 10.2 Å². The van der Waals surface area contributed by atoms with Gasteiger partial charge in [-0.1, -0.05) is 42.5 Å². The summed E-state index contributed by atoms with van der Waals surface area (Å²) in [6, 6.07) is 17.1. The monoisotopic (exact) mass is 408 g/mol. The third kappa shape index (κ3) is 4.32. The van der Waals surface area contributed by atoms with E-state index in [1.807, 2.05) is 42.5 Å². The molecule has 1 aliphatic heterocycles. The summed E-state index contributed by atoms with van der Waals surface area (Å²) in [6.45, 7) is 0.928. The molecule has 0 aromatic heterocycles. The predicted molar refractivity (Wildman–Crippen MR) is 112 cm³/mol. The highest BCUT2D eigenvalue weighted by Crippen LogP contribution is 2.23. The molecule has 3 aromatic carbocycles. The highest BCUT2D eigenvalue weighted by Gasteiger charge is 2.28. The van der Waals surface area contributed by atoms with Crippen LogP contribution in [0.1, 0.15) is 18.4 Å². The predicted octanol–water partition coefficient (Wildman–Crippen LogP) is 4.54. The van der Waals surface area contributed by atoms with Crippen LogP contribution in [0.3, 0.4) is 0 Å². The Bertz CT molecular complexity index is 1090. The number of nitrogens with zero attached hydrogens (tertiary/aromatic N) is 1. The summed E-state index contributed by atoms with van der Waals surface area (Å²) in [5.41, 5.74) is 1.17. The Morgan fingerprint density at radius 2 is 1.80 bits per heavy atom. The van der Waals surface area contributed by atoms with Crippen LogP contribution in [0.25, 0.3) is 10.8 Å². The van der Waals surface area contributed by atoms with Gasteiger partial charge in [0.25, 0.3) is 0 Å². The molecule has 0 spiro atoms. The first-order valence-corrected chi connectivity index (χ1v) is 10.0. The number of fused-ring (bicyclic) bond motifs is 1. The molecule has 6 heteroatoms. The van der Waals surface area contributed by atoms with E-state index in [-0.39, 0.29) is 29.8 Å². The van der Waals surface area contributed by atoms with Crippen LogP contribution in [0, 0.1) is 17.6 Å². The summed E-state index contributed by atoms with van der Waals surface area (Å²) in [5.74, 6) is -2.66. The summed E-state index contributed by atoms with van der Waals surface area (Å²) in [7, 11) is 0. The maximum Gasteiger partial charge on any atom is 0.229 e. The number of likely N-dealkylation sites (tertiary alicyclic amines) is 1. The van der Waals surface area contributed by atoms with E-state index < -0.39 is 11.6 Å². The lowest BCUT2D eigenvalue weighted by molar-refractivity contribution is -0.133. The number of benzene rings is 3. The average molecular weight is 408 g/mol. The fraction of sp³-hybridized carbons (Fsp3) is 0.250. The quantitative estimate of drug-likeness (QED) is 0.689. The minimum atomic E-state index is -1.01. The van der Waals surface area contributed by atoms with E-state index in [1.54, 1.807) is 4.90 Å². The fourth-order valence-corrected chi connectivity index (χ4v) is 3.96. The topological polar surface area (TPSA) is 49.4 Å². The van der Waals surface area contributed by atoms with Crippen molar-refractivity contribution >= 4 is 28.3 Å². The highest BCUT2D eigenvalue weighted by atomic mass is 19.2. The molecule has 0 radical (unpaired) electrons. The van der Waals surface area contributed by atoms with E-state index >= 15 is 0 Å². The number of amides is 2. The highest BCUT2D eigenvalue weighted by molar-refractivity contribution is 5.94. The zero-order valence-corrected chi connectivity index (χ0v) is 16.4. The van der Waals surface area contributed by atoms with Crippen molar-refractivity contribution in [1.29, 1.82) is 0 Å². The third-order valence-corrected chi connectivity index (χ3v) is 5.55. The number of hydrogen-bond acceptors (Lipinski definition) is 2. The first-order chi connectivity index (χ1) is 14.5. The Kier molecular flexibility index (Phi) is 5.74. The fourth-order valence-electron chi connectivity index (χ4n) is 3.96. The molecule has 1 atom stereocenters. The largest absolute Gasteiger partial charge is 0.342 e. The number of carbonyl (C=O) groups is 2. The maximum absolute atomic E-state index is 13.4. The van der Waals surface area contributed by atoms with Crippen molar-refractivity contribution in [3.05, 3.63) is 77.9 Å². The number of hydrogen-bond donors (Lipinski definition) is 1. The van der Waals surface area contributed by atoms with E-state index in [9.17, 15) is 18.4 Å². The standard InChI is InChI=1S/C24H22F2N2O2/c25-21-11-10-19(14-22(21)26)27-24(30)18-8-4-12-28(15-18)23(29)13-17-7-3-6-16-5-1-2-9-20(16)17/h1-3,5-7,9-11,14,18H,4,8,12-13,15H2,(H,27,30)/t18-/m1/s1. The number of nitrogens with one attached hydrogen (secondary N) is 1. The second-order valence-corrected chi connectivity index (χ2v) is 7.61. The first kappa shape index (κ1) is 20.0. The zero-order valence-electron chi connectivity index (χ0n) is 16.4. The minimum Gasteiger partial charge on any atom is -0.342 e. The molecule has 3 aromatic rings. The molecule has 1 N–H and O–H groups in total. The van der Waals surface area contributed by atoms with E-state index in [4.69, 9.17) is 0 Å². The first-order valence-electron chi connectivity index (χ1n) is 10.0. The number of carbonyl (C=O) groups excluding carboxylic acids is 2. The van der Waals surface area contributed by atoms with Crippen LogP contribution in [0.5, 0.6) is 0 Å². The molecule has 4 nitrogen and oxygen atoms in total. The number of anilines is 1. The molecule has 30 heavy (non-hydrogen) atoms. The van der Waals surface area contributed by atoms with Gasteiger partial charge in [0.2, 0.25) is 11.8 Å². The molecule has 0 saturated carbocycles. The van der Waals surface area contributed by atoms with Crippen molar-refractivity contribution in [2.24, 2.45) is 5.92 Å². The molecular weight excluding hydrogens is 386 g/mol. The van der Waals surface area contributed by atoms with Crippen molar-refractivity contribution in [3.63, 3.8) is 0 Å². The molecule has 0 aliphatic carbocycles. The van der Waals surface area contributed by atoms with E-state index in [0.717, 1.165) is 34.9 Å². The van der Waals surface area contributed by atoms with Crippen molar-refractivity contribution in [2.45, 2.75) is 19.3 Å². The summed E-state index contributed by atoms with van der Waals surface area (Å²) in [6.07, 6.45) is 1.64. The van der Waals surface area contributed by atoms with Gasteiger partial charge in [0.15, 0.2) is 11.6 Å². The van der Waals surface area contributed by atoms with Crippen LogP contribution >= 0.6 is 0 Å². The van der Waals surface area contributed by atoms with Gasteiger partial charge in [0.05, 0.1) is 12.3 Å². The smallest absolute Gasteiger partial charge is 0.229 e. The van der Waals surface area contributed by atoms with Crippen LogP contribution in [0.2, 0.25) is 0 Å². The van der Waals surface area contributed by atoms with Gasteiger partial charge in [-0.05, 0) is 41.3 Å². The van der Waals surface area contributed by atoms with Crippen LogP contribution in [0.15, 0.2) is 60.7 Å². The number of piperidine rings is 1. The molecule has 4 rings (SSSR count). The molecule has 0 unspecified atom stereocenters. The Labute approximate surface area is 173 Å². The lowest BCUT2D eigenvalue weighted by Gasteiger charge is -2.32. The summed E-state index contributed by atoms with van der Waals surface area (Å²) >= 11 is 0. The number of rotatable bonds is 4. The average Bonchev–Trinajstić information content (AvgIpc) is 2.76. The summed E-state index contributed by atoms with van der Waals surface area (Å²) in [4.78, 5) is 27.2. The molecule has 1 heterocycles. The molecule has 154 valence electrons. The van der Waals surface area contributed by atoms with Crippen molar-refractivity contribution in [3.8, 4) is 0 Å². The van der Waals surface area contributed by atoms with Gasteiger partial charge in [-0.3, -0.25) is 9.59 Å². The van der Waals surface area contributed by atoms with E-state index in [2.05, 4.69) is 5.32 Å². The number of halogens is 2. The Balaban J connectivity index is 1.42. The Hall–Kier alpha value is -3.28. The van der Waals surface area contributed by atoms with Gasteiger partial charge >= 0.3 is 0 Å². The summed E-state index contributed by atoms with van der Waals surface area (Å²) < 4.78 is 26.5. The van der Waals surface area contributed by atoms with Crippen molar-refractivity contribution < 1.29 is 18.4 Å². The minimum absolute atomic E-state index is 0.0170. The van der Waals surface area contributed by atoms with E-state index in [0.29, 0.717) is 19.5 Å². The van der Waals surface area contributed by atoms with Crippen LogP contribution in [-0.2, 0) is 16.0 Å². The zero-order chi connectivity index (χ0) is 21.1. The van der Waals surface area contributed by atoms with Crippen LogP contribution in [-0.4, -0.2) is 29.8 Å². The third-order valence-electron chi connectivity index (χ3n) is 5.55. The maximum atomic E-state index is 13.4. The molecule has 1 fully saturated rings. The lowest BCUT2D eigenvalue weighted by Crippen LogP contribution is -2.44. The second kappa shape index (κ2) is 8.61. The molecule has 0 bridgehead atoms. The Morgan fingerprint density at radius 1 is 1.00 bits per heavy atom. The molecule has 2 amide bonds. The SMILES string of the molecule is O=C(Nc1ccc(F)c(F)c1)[C@@H]1CCCN(C(=O)Cc2cccc3ccccc23)C1. The van der Waals surface area contributed by atoms with Crippen molar-refractivity contribution in [1.82, 2.24) is 4.90 Å². The molecule has 1 saturated heterocycles. The molecule has 1 aliphatic rings. The molecular formula is C24H22F2N2O2. The normalized spacial score (nSPS) is 16.5. The lowest BCUT2D eigenvalue weighted by atomic mass is 9.95. The van der Waals surface area contributed by atoms with Crippen LogP contribution < -0.4 is 5.32 Å². The second-order valence-electron chi connectivity index (χ2n) is 7.61. The summed E-state index contributed by atoms with van der Waals surface area (Å²) in [5, 5.41) is 4.77. The van der Waals surface area contributed by atoms with Gasteiger partial charge in [-0.15, -0.1) is 0 Å². The van der Waals surface area contributed by atoms with Gasteiger partial charge in [0, 0.05) is 24.8 Å². The van der Waals surface area contributed by atoms with Gasteiger partial charge in [0.1, 0.15) is 0 Å². The van der Waals surface area contributed by atoms with Gasteiger partial charge in [-0.2, -0.15) is 0 Å². The Morgan fingerprint density at radius 3 is 2.63 bits per heavy atom. The van der Waals surface area contributed by atoms with Gasteiger partial charge in [-0.25, -0.2) is 8.78 Å².